The topological polar surface area (TPSA) is 67.4 Å². The van der Waals surface area contributed by atoms with E-state index in [0.29, 0.717) is 6.54 Å². The number of rotatable bonds is 7. The molecule has 88 valence electrons. The van der Waals surface area contributed by atoms with Crippen molar-refractivity contribution in [2.75, 3.05) is 20.2 Å². The number of hydrogen-bond donors (Lipinski definition) is 2. The molecule has 5 nitrogen and oxygen atoms in total. The average molecular weight is 216 g/mol. The zero-order valence-electron chi connectivity index (χ0n) is 9.63. The van der Waals surface area contributed by atoms with E-state index in [1.165, 1.54) is 7.11 Å². The van der Waals surface area contributed by atoms with Gasteiger partial charge < -0.3 is 15.4 Å². The van der Waals surface area contributed by atoms with Gasteiger partial charge in [0.2, 0.25) is 5.91 Å². The highest BCUT2D eigenvalue weighted by Crippen LogP contribution is 1.86. The zero-order valence-corrected chi connectivity index (χ0v) is 9.63. The number of carbonyl (C=O) groups excluding carboxylic acids is 2. The maximum atomic E-state index is 11.2. The van der Waals surface area contributed by atoms with Crippen LogP contribution in [0.15, 0.2) is 0 Å². The van der Waals surface area contributed by atoms with Crippen LogP contribution in [0.25, 0.3) is 0 Å². The lowest BCUT2D eigenvalue weighted by Crippen LogP contribution is -2.39. The SMILES string of the molecule is CCC(C)NC(=O)CNCCC(=O)OC. The van der Waals surface area contributed by atoms with Crippen molar-refractivity contribution in [2.24, 2.45) is 0 Å². The Morgan fingerprint density at radius 1 is 1.40 bits per heavy atom. The Hall–Kier alpha value is -1.10. The van der Waals surface area contributed by atoms with Crippen LogP contribution in [0, 0.1) is 0 Å². The van der Waals surface area contributed by atoms with Gasteiger partial charge in [-0.05, 0) is 13.3 Å². The van der Waals surface area contributed by atoms with Gasteiger partial charge in [-0.1, -0.05) is 6.92 Å². The molecule has 0 radical (unpaired) electrons. The molecular weight excluding hydrogens is 196 g/mol. The molecule has 5 heteroatoms. The first-order valence-electron chi connectivity index (χ1n) is 5.17. The van der Waals surface area contributed by atoms with Crippen molar-refractivity contribution in [2.45, 2.75) is 32.7 Å². The zero-order chi connectivity index (χ0) is 11.7. The van der Waals surface area contributed by atoms with Crippen LogP contribution in [0.4, 0.5) is 0 Å². The third-order valence-electron chi connectivity index (χ3n) is 2.04. The van der Waals surface area contributed by atoms with E-state index < -0.39 is 0 Å². The fraction of sp³-hybridized carbons (Fsp3) is 0.800. The molecule has 2 N–H and O–H groups in total. The molecule has 0 aliphatic rings. The summed E-state index contributed by atoms with van der Waals surface area (Å²) in [7, 11) is 1.35. The molecule has 0 bridgehead atoms. The van der Waals surface area contributed by atoms with Crippen LogP contribution in [0.1, 0.15) is 26.7 Å². The standard InChI is InChI=1S/C10H20N2O3/c1-4-8(2)12-9(13)7-11-6-5-10(14)15-3/h8,11H,4-7H2,1-3H3,(H,12,13). The minimum Gasteiger partial charge on any atom is -0.469 e. The van der Waals surface area contributed by atoms with E-state index in [9.17, 15) is 9.59 Å². The molecule has 0 fully saturated rings. The first-order chi connectivity index (χ1) is 7.10. The summed E-state index contributed by atoms with van der Waals surface area (Å²) in [6, 6.07) is 0.194. The largest absolute Gasteiger partial charge is 0.469 e. The maximum Gasteiger partial charge on any atom is 0.306 e. The molecule has 1 unspecified atom stereocenters. The van der Waals surface area contributed by atoms with Crippen LogP contribution in [0.2, 0.25) is 0 Å². The van der Waals surface area contributed by atoms with Crippen molar-refractivity contribution in [3.63, 3.8) is 0 Å². The second kappa shape index (κ2) is 8.23. The van der Waals surface area contributed by atoms with Crippen LogP contribution in [0.3, 0.4) is 0 Å². The van der Waals surface area contributed by atoms with Crippen molar-refractivity contribution in [3.05, 3.63) is 0 Å². The van der Waals surface area contributed by atoms with Crippen LogP contribution in [0.5, 0.6) is 0 Å². The van der Waals surface area contributed by atoms with Gasteiger partial charge in [0.25, 0.3) is 0 Å². The van der Waals surface area contributed by atoms with Gasteiger partial charge in [-0.2, -0.15) is 0 Å². The number of amides is 1. The minimum atomic E-state index is -0.273. The summed E-state index contributed by atoms with van der Waals surface area (Å²) < 4.78 is 4.46. The van der Waals surface area contributed by atoms with E-state index in [2.05, 4.69) is 15.4 Å². The molecule has 0 aliphatic carbocycles. The average Bonchev–Trinajstić information content (AvgIpc) is 2.23. The Morgan fingerprint density at radius 3 is 2.60 bits per heavy atom. The smallest absolute Gasteiger partial charge is 0.306 e. The van der Waals surface area contributed by atoms with Crippen LogP contribution in [-0.4, -0.2) is 38.1 Å². The van der Waals surface area contributed by atoms with Gasteiger partial charge in [0.05, 0.1) is 20.1 Å². The summed E-state index contributed by atoms with van der Waals surface area (Å²) in [5.41, 5.74) is 0. The van der Waals surface area contributed by atoms with E-state index in [4.69, 9.17) is 0 Å². The molecule has 0 rings (SSSR count). The first kappa shape index (κ1) is 13.9. The maximum absolute atomic E-state index is 11.2. The van der Waals surface area contributed by atoms with Crippen molar-refractivity contribution in [1.29, 1.82) is 0 Å². The van der Waals surface area contributed by atoms with Gasteiger partial charge in [0.15, 0.2) is 0 Å². The van der Waals surface area contributed by atoms with Crippen LogP contribution in [-0.2, 0) is 14.3 Å². The minimum absolute atomic E-state index is 0.0470. The van der Waals surface area contributed by atoms with E-state index in [1.807, 2.05) is 13.8 Å². The third kappa shape index (κ3) is 7.93. The predicted molar refractivity (Wildman–Crippen MR) is 57.4 cm³/mol. The molecule has 0 saturated heterocycles. The fourth-order valence-electron chi connectivity index (χ4n) is 0.922. The summed E-state index contributed by atoms with van der Waals surface area (Å²) in [4.78, 5) is 22.0. The van der Waals surface area contributed by atoms with Crippen LogP contribution >= 0.6 is 0 Å². The predicted octanol–water partition coefficient (Wildman–Crippen LogP) is 0.0538. The molecule has 0 aliphatic heterocycles. The van der Waals surface area contributed by atoms with Gasteiger partial charge in [-0.15, -0.1) is 0 Å². The van der Waals surface area contributed by atoms with Gasteiger partial charge >= 0.3 is 5.97 Å². The first-order valence-corrected chi connectivity index (χ1v) is 5.17. The normalized spacial score (nSPS) is 11.9. The third-order valence-corrected chi connectivity index (χ3v) is 2.04. The molecule has 1 atom stereocenters. The quantitative estimate of drug-likeness (QED) is 0.466. The Morgan fingerprint density at radius 2 is 2.07 bits per heavy atom. The summed E-state index contributed by atoms with van der Waals surface area (Å²) in [5, 5.41) is 5.68. The van der Waals surface area contributed by atoms with Gasteiger partial charge in [0.1, 0.15) is 0 Å². The van der Waals surface area contributed by atoms with E-state index >= 15 is 0 Å². The fourth-order valence-corrected chi connectivity index (χ4v) is 0.922. The van der Waals surface area contributed by atoms with E-state index in [1.54, 1.807) is 0 Å². The number of esters is 1. The molecule has 0 spiro atoms. The number of hydrogen-bond acceptors (Lipinski definition) is 4. The summed E-state index contributed by atoms with van der Waals surface area (Å²) in [6.45, 7) is 4.66. The van der Waals surface area contributed by atoms with Crippen molar-refractivity contribution < 1.29 is 14.3 Å². The highest BCUT2D eigenvalue weighted by Gasteiger charge is 2.05. The molecule has 15 heavy (non-hydrogen) atoms. The Bertz CT molecular complexity index is 207. The van der Waals surface area contributed by atoms with Crippen molar-refractivity contribution in [1.82, 2.24) is 10.6 Å². The summed E-state index contributed by atoms with van der Waals surface area (Å²) in [6.07, 6.45) is 1.20. The summed E-state index contributed by atoms with van der Waals surface area (Å²) in [5.74, 6) is -0.320. The Labute approximate surface area is 90.6 Å². The lowest BCUT2D eigenvalue weighted by Gasteiger charge is -2.11. The lowest BCUT2D eigenvalue weighted by molar-refractivity contribution is -0.140. The molecular formula is C10H20N2O3. The number of carbonyl (C=O) groups is 2. The number of methoxy groups -OCH3 is 1. The van der Waals surface area contributed by atoms with E-state index in [-0.39, 0.29) is 30.9 Å². The van der Waals surface area contributed by atoms with E-state index in [0.717, 1.165) is 6.42 Å². The molecule has 0 aromatic heterocycles. The second-order valence-corrected chi connectivity index (χ2v) is 3.38. The summed E-state index contributed by atoms with van der Waals surface area (Å²) >= 11 is 0. The molecule has 0 heterocycles. The molecule has 0 aromatic rings. The van der Waals surface area contributed by atoms with Crippen LogP contribution < -0.4 is 10.6 Å². The highest BCUT2D eigenvalue weighted by molar-refractivity contribution is 5.78. The molecule has 1 amide bonds. The number of nitrogens with one attached hydrogen (secondary N) is 2. The van der Waals surface area contributed by atoms with Crippen molar-refractivity contribution in [3.8, 4) is 0 Å². The van der Waals surface area contributed by atoms with Gasteiger partial charge in [-0.3, -0.25) is 9.59 Å². The molecule has 0 aromatic carbocycles. The second-order valence-electron chi connectivity index (χ2n) is 3.38. The Kier molecular flexibility index (Phi) is 7.62. The molecule has 0 saturated carbocycles. The van der Waals surface area contributed by atoms with Gasteiger partial charge in [-0.25, -0.2) is 0 Å². The Balaban J connectivity index is 3.43. The van der Waals surface area contributed by atoms with Crippen molar-refractivity contribution >= 4 is 11.9 Å². The van der Waals surface area contributed by atoms with Gasteiger partial charge in [0, 0.05) is 12.6 Å². The highest BCUT2D eigenvalue weighted by atomic mass is 16.5. The monoisotopic (exact) mass is 216 g/mol. The lowest BCUT2D eigenvalue weighted by atomic mass is 10.2. The number of ether oxygens (including phenoxy) is 1.